The second-order valence-corrected chi connectivity index (χ2v) is 6.49. The van der Waals surface area contributed by atoms with Crippen molar-refractivity contribution in [1.82, 2.24) is 10.7 Å². The Kier molecular flexibility index (Phi) is 10.2. The molecule has 170 valence electrons. The van der Waals surface area contributed by atoms with Crippen LogP contribution in [0.25, 0.3) is 0 Å². The second kappa shape index (κ2) is 13.4. The zero-order chi connectivity index (χ0) is 23.2. The Hall–Kier alpha value is -3.88. The number of hydrogen-bond donors (Lipinski definition) is 2. The summed E-state index contributed by atoms with van der Waals surface area (Å²) in [5.41, 5.74) is 3.95. The van der Waals surface area contributed by atoms with Crippen LogP contribution in [-0.4, -0.2) is 44.0 Å². The zero-order valence-corrected chi connectivity index (χ0v) is 18.1. The Morgan fingerprint density at radius 1 is 0.969 bits per heavy atom. The maximum Gasteiger partial charge on any atom is 0.407 e. The highest BCUT2D eigenvalue weighted by molar-refractivity contribution is 5.83. The lowest BCUT2D eigenvalue weighted by atomic mass is 10.0. The molecule has 32 heavy (non-hydrogen) atoms. The molecule has 0 aliphatic rings. The normalized spacial score (nSPS) is 11.4. The van der Waals surface area contributed by atoms with Crippen LogP contribution in [-0.2, 0) is 19.1 Å². The molecule has 0 unspecified atom stereocenters. The summed E-state index contributed by atoms with van der Waals surface area (Å²) in [6, 6.07) is 15.4. The molecule has 2 rings (SSSR count). The molecule has 2 aromatic carbocycles. The van der Waals surface area contributed by atoms with Crippen molar-refractivity contribution in [3.63, 3.8) is 0 Å². The van der Waals surface area contributed by atoms with Crippen molar-refractivity contribution in [2.75, 3.05) is 19.8 Å². The standard InChI is InChI=1S/C23H27N3O6/c1-3-30-22(28)16-32-19-12-10-17(11-13-19)15-24-26-21(27)14-20(25-23(29)31-4-2)18-8-6-5-7-9-18/h5-13,15,20H,3-4,14,16H2,1-2H3,(H,25,29)(H,26,27)/b24-15-/t20-/m1/s1. The molecule has 0 saturated carbocycles. The van der Waals surface area contributed by atoms with Crippen molar-refractivity contribution in [2.45, 2.75) is 26.3 Å². The van der Waals surface area contributed by atoms with Gasteiger partial charge in [-0.15, -0.1) is 0 Å². The molecule has 9 nitrogen and oxygen atoms in total. The summed E-state index contributed by atoms with van der Waals surface area (Å²) in [6.07, 6.45) is 0.868. The molecular formula is C23H27N3O6. The van der Waals surface area contributed by atoms with E-state index >= 15 is 0 Å². The maximum absolute atomic E-state index is 12.3. The minimum Gasteiger partial charge on any atom is -0.482 e. The highest BCUT2D eigenvalue weighted by Crippen LogP contribution is 2.17. The van der Waals surface area contributed by atoms with Gasteiger partial charge in [0.1, 0.15) is 5.75 Å². The highest BCUT2D eigenvalue weighted by atomic mass is 16.6. The first-order chi connectivity index (χ1) is 15.5. The molecule has 0 radical (unpaired) electrons. The van der Waals surface area contributed by atoms with E-state index in [1.54, 1.807) is 38.1 Å². The molecular weight excluding hydrogens is 414 g/mol. The lowest BCUT2D eigenvalue weighted by Gasteiger charge is -2.18. The van der Waals surface area contributed by atoms with Crippen LogP contribution < -0.4 is 15.5 Å². The summed E-state index contributed by atoms with van der Waals surface area (Å²) in [7, 11) is 0. The van der Waals surface area contributed by atoms with E-state index in [9.17, 15) is 14.4 Å². The van der Waals surface area contributed by atoms with Crippen LogP contribution in [0.1, 0.15) is 37.4 Å². The molecule has 0 fully saturated rings. The van der Waals surface area contributed by atoms with Gasteiger partial charge >= 0.3 is 12.1 Å². The first kappa shape index (κ1) is 24.4. The summed E-state index contributed by atoms with van der Waals surface area (Å²) in [5.74, 6) is -0.302. The van der Waals surface area contributed by atoms with Crippen LogP contribution in [0.4, 0.5) is 4.79 Å². The van der Waals surface area contributed by atoms with Crippen LogP contribution in [0.2, 0.25) is 0 Å². The largest absolute Gasteiger partial charge is 0.482 e. The van der Waals surface area contributed by atoms with Gasteiger partial charge in [-0.3, -0.25) is 4.79 Å². The van der Waals surface area contributed by atoms with E-state index in [1.807, 2.05) is 30.3 Å². The number of hydrazone groups is 1. The Bertz CT molecular complexity index is 900. The van der Waals surface area contributed by atoms with Crippen LogP contribution >= 0.6 is 0 Å². The van der Waals surface area contributed by atoms with E-state index in [4.69, 9.17) is 14.2 Å². The van der Waals surface area contributed by atoms with Crippen molar-refractivity contribution in [1.29, 1.82) is 0 Å². The summed E-state index contributed by atoms with van der Waals surface area (Å²) in [6.45, 7) is 3.80. The van der Waals surface area contributed by atoms with Crippen LogP contribution in [0.15, 0.2) is 59.7 Å². The van der Waals surface area contributed by atoms with Crippen molar-refractivity contribution in [2.24, 2.45) is 5.10 Å². The van der Waals surface area contributed by atoms with Gasteiger partial charge in [0.05, 0.1) is 31.9 Å². The van der Waals surface area contributed by atoms with E-state index in [1.165, 1.54) is 6.21 Å². The number of ether oxygens (including phenoxy) is 3. The fraction of sp³-hybridized carbons (Fsp3) is 0.304. The summed E-state index contributed by atoms with van der Waals surface area (Å²) in [5, 5.41) is 6.64. The molecule has 1 atom stereocenters. The molecule has 0 heterocycles. The van der Waals surface area contributed by atoms with Gasteiger partial charge in [0.25, 0.3) is 0 Å². The molecule has 0 bridgehead atoms. The number of amides is 2. The number of benzene rings is 2. The minimum atomic E-state index is -0.595. The van der Waals surface area contributed by atoms with Gasteiger partial charge in [0.15, 0.2) is 6.61 Å². The lowest BCUT2D eigenvalue weighted by Crippen LogP contribution is -2.33. The minimum absolute atomic E-state index is 0.0131. The lowest BCUT2D eigenvalue weighted by molar-refractivity contribution is -0.145. The average Bonchev–Trinajstić information content (AvgIpc) is 2.79. The predicted molar refractivity (Wildman–Crippen MR) is 118 cm³/mol. The first-order valence-corrected chi connectivity index (χ1v) is 10.2. The van der Waals surface area contributed by atoms with Gasteiger partial charge in [-0.25, -0.2) is 15.0 Å². The molecule has 2 N–H and O–H groups in total. The number of hydrogen-bond acceptors (Lipinski definition) is 7. The van der Waals surface area contributed by atoms with Crippen molar-refractivity contribution in [3.8, 4) is 5.75 Å². The van der Waals surface area contributed by atoms with E-state index in [0.29, 0.717) is 12.4 Å². The summed E-state index contributed by atoms with van der Waals surface area (Å²) in [4.78, 5) is 35.5. The summed E-state index contributed by atoms with van der Waals surface area (Å²) >= 11 is 0. The summed E-state index contributed by atoms with van der Waals surface area (Å²) < 4.78 is 15.0. The van der Waals surface area contributed by atoms with E-state index in [2.05, 4.69) is 15.8 Å². The number of esters is 1. The Morgan fingerprint density at radius 2 is 1.66 bits per heavy atom. The van der Waals surface area contributed by atoms with Crippen molar-refractivity contribution >= 4 is 24.2 Å². The maximum atomic E-state index is 12.3. The van der Waals surface area contributed by atoms with Gasteiger partial charge in [-0.05, 0) is 49.2 Å². The van der Waals surface area contributed by atoms with E-state index < -0.39 is 18.1 Å². The van der Waals surface area contributed by atoms with Gasteiger partial charge in [0, 0.05) is 0 Å². The monoisotopic (exact) mass is 441 g/mol. The molecule has 2 aromatic rings. The third kappa shape index (κ3) is 8.86. The number of nitrogens with zero attached hydrogens (tertiary/aromatic N) is 1. The third-order valence-corrected chi connectivity index (χ3v) is 4.10. The first-order valence-electron chi connectivity index (χ1n) is 10.2. The molecule has 0 aliphatic carbocycles. The Morgan fingerprint density at radius 3 is 2.31 bits per heavy atom. The van der Waals surface area contributed by atoms with Gasteiger partial charge in [-0.1, -0.05) is 30.3 Å². The average molecular weight is 441 g/mol. The molecule has 0 aliphatic heterocycles. The smallest absolute Gasteiger partial charge is 0.407 e. The van der Waals surface area contributed by atoms with E-state index in [0.717, 1.165) is 11.1 Å². The zero-order valence-electron chi connectivity index (χ0n) is 18.1. The van der Waals surface area contributed by atoms with Crippen LogP contribution in [0, 0.1) is 0 Å². The van der Waals surface area contributed by atoms with Gasteiger partial charge in [-0.2, -0.15) is 5.10 Å². The predicted octanol–water partition coefficient (Wildman–Crippen LogP) is 2.96. The fourth-order valence-electron chi connectivity index (χ4n) is 2.66. The van der Waals surface area contributed by atoms with Gasteiger partial charge in [0.2, 0.25) is 5.91 Å². The second-order valence-electron chi connectivity index (χ2n) is 6.49. The number of rotatable bonds is 11. The topological polar surface area (TPSA) is 115 Å². The fourth-order valence-corrected chi connectivity index (χ4v) is 2.66. The van der Waals surface area contributed by atoms with E-state index in [-0.39, 0.29) is 25.5 Å². The molecule has 0 spiro atoms. The van der Waals surface area contributed by atoms with Crippen molar-refractivity contribution < 1.29 is 28.6 Å². The quantitative estimate of drug-likeness (QED) is 0.315. The van der Waals surface area contributed by atoms with Gasteiger partial charge < -0.3 is 19.5 Å². The molecule has 0 saturated heterocycles. The Balaban J connectivity index is 1.88. The molecule has 0 aromatic heterocycles. The number of alkyl carbamates (subject to hydrolysis) is 1. The van der Waals surface area contributed by atoms with Crippen LogP contribution in [0.5, 0.6) is 5.75 Å². The number of carbonyl (C=O) groups is 3. The number of carbonyl (C=O) groups excluding carboxylic acids is 3. The van der Waals surface area contributed by atoms with Crippen LogP contribution in [0.3, 0.4) is 0 Å². The number of nitrogens with one attached hydrogen (secondary N) is 2. The molecule has 2 amide bonds. The molecule has 9 heteroatoms. The SMILES string of the molecule is CCOC(=O)COc1ccc(/C=N\NC(=O)C[C@@H](NC(=O)OCC)c2ccccc2)cc1. The highest BCUT2D eigenvalue weighted by Gasteiger charge is 2.18. The van der Waals surface area contributed by atoms with Crippen molar-refractivity contribution in [3.05, 3.63) is 65.7 Å². The third-order valence-electron chi connectivity index (χ3n) is 4.10. The Labute approximate surface area is 186 Å².